The number of allylic oxidation sites excluding steroid dienone is 1. The minimum atomic E-state index is 0.0488. The van der Waals surface area contributed by atoms with Crippen LogP contribution in [0.3, 0.4) is 0 Å². The molecule has 0 amide bonds. The third-order valence-corrected chi connectivity index (χ3v) is 6.74. The molecular formula is C20H34N2. The van der Waals surface area contributed by atoms with Gasteiger partial charge in [0.1, 0.15) is 0 Å². The van der Waals surface area contributed by atoms with Crippen LogP contribution in [0.25, 0.3) is 0 Å². The molecule has 2 saturated carbocycles. The van der Waals surface area contributed by atoms with Gasteiger partial charge in [-0.25, -0.2) is 0 Å². The van der Waals surface area contributed by atoms with Crippen molar-refractivity contribution in [1.29, 1.82) is 0 Å². The van der Waals surface area contributed by atoms with Crippen molar-refractivity contribution in [2.24, 2.45) is 28.7 Å². The van der Waals surface area contributed by atoms with Gasteiger partial charge < -0.3 is 11.5 Å². The first-order chi connectivity index (χ1) is 10.5. The van der Waals surface area contributed by atoms with Gasteiger partial charge in [-0.15, -0.1) is 0 Å². The van der Waals surface area contributed by atoms with Crippen LogP contribution in [-0.4, -0.2) is 6.04 Å². The van der Waals surface area contributed by atoms with Crippen LogP contribution in [0.1, 0.15) is 78.1 Å². The molecule has 22 heavy (non-hydrogen) atoms. The van der Waals surface area contributed by atoms with Gasteiger partial charge in [0.2, 0.25) is 0 Å². The van der Waals surface area contributed by atoms with Crippen molar-refractivity contribution >= 4 is 0 Å². The second-order valence-electron chi connectivity index (χ2n) is 8.19. The Labute approximate surface area is 136 Å². The predicted octanol–water partition coefficient (Wildman–Crippen LogP) is 4.65. The second-order valence-corrected chi connectivity index (χ2v) is 8.19. The molecule has 2 nitrogen and oxygen atoms in total. The zero-order chi connectivity index (χ0) is 15.7. The minimum Gasteiger partial charge on any atom is -0.401 e. The van der Waals surface area contributed by atoms with Crippen LogP contribution in [0, 0.1) is 17.3 Å². The molecule has 0 bridgehead atoms. The Hall–Kier alpha value is -0.760. The molecule has 4 N–H and O–H groups in total. The summed E-state index contributed by atoms with van der Waals surface area (Å²) in [5.41, 5.74) is 17.4. The van der Waals surface area contributed by atoms with E-state index in [1.807, 2.05) is 0 Å². The lowest BCUT2D eigenvalue weighted by Gasteiger charge is -2.45. The third kappa shape index (κ3) is 2.75. The van der Waals surface area contributed by atoms with Gasteiger partial charge in [0, 0.05) is 17.2 Å². The van der Waals surface area contributed by atoms with Crippen LogP contribution in [-0.2, 0) is 0 Å². The highest BCUT2D eigenvalue weighted by Gasteiger charge is 2.42. The predicted molar refractivity (Wildman–Crippen MR) is 94.2 cm³/mol. The lowest BCUT2D eigenvalue weighted by molar-refractivity contribution is 0.214. The normalized spacial score (nSPS) is 35.6. The highest BCUT2D eigenvalue weighted by Crippen LogP contribution is 2.49. The Bertz CT molecular complexity index is 464. The highest BCUT2D eigenvalue weighted by molar-refractivity contribution is 5.42. The Morgan fingerprint density at radius 1 is 0.955 bits per heavy atom. The van der Waals surface area contributed by atoms with Crippen LogP contribution < -0.4 is 11.5 Å². The Morgan fingerprint density at radius 2 is 1.50 bits per heavy atom. The number of hydrogen-bond acceptors (Lipinski definition) is 2. The zero-order valence-corrected chi connectivity index (χ0v) is 14.5. The van der Waals surface area contributed by atoms with Gasteiger partial charge in [-0.1, -0.05) is 57.1 Å². The van der Waals surface area contributed by atoms with Gasteiger partial charge in [-0.3, -0.25) is 0 Å². The van der Waals surface area contributed by atoms with E-state index in [4.69, 9.17) is 11.5 Å². The van der Waals surface area contributed by atoms with Crippen molar-refractivity contribution in [2.45, 2.75) is 84.1 Å². The van der Waals surface area contributed by atoms with Gasteiger partial charge >= 0.3 is 0 Å². The van der Waals surface area contributed by atoms with E-state index >= 15 is 0 Å². The molecule has 0 heterocycles. The lowest BCUT2D eigenvalue weighted by atomic mass is 9.61. The van der Waals surface area contributed by atoms with E-state index < -0.39 is 0 Å². The molecule has 0 aromatic carbocycles. The zero-order valence-electron chi connectivity index (χ0n) is 14.5. The fourth-order valence-electron chi connectivity index (χ4n) is 5.29. The number of hydrogen-bond donors (Lipinski definition) is 2. The Balaban J connectivity index is 1.96. The molecule has 0 aliphatic heterocycles. The first kappa shape index (κ1) is 16.1. The summed E-state index contributed by atoms with van der Waals surface area (Å²) < 4.78 is 0. The van der Waals surface area contributed by atoms with Gasteiger partial charge in [0.25, 0.3) is 0 Å². The first-order valence-corrected chi connectivity index (χ1v) is 9.49. The van der Waals surface area contributed by atoms with Gasteiger partial charge in [-0.05, 0) is 50.0 Å². The molecule has 3 rings (SSSR count). The summed E-state index contributed by atoms with van der Waals surface area (Å²) in [5, 5.41) is 0. The maximum atomic E-state index is 6.83. The fraction of sp³-hybridized carbons (Fsp3) is 0.800. The Kier molecular flexibility index (Phi) is 4.68. The number of rotatable bonds is 2. The van der Waals surface area contributed by atoms with Crippen LogP contribution in [0.2, 0.25) is 0 Å². The molecule has 2 unspecified atom stereocenters. The van der Waals surface area contributed by atoms with Gasteiger partial charge in [0.05, 0.1) is 0 Å². The maximum Gasteiger partial charge on any atom is 0.0490 e. The van der Waals surface area contributed by atoms with Crippen molar-refractivity contribution in [3.63, 3.8) is 0 Å². The third-order valence-electron chi connectivity index (χ3n) is 6.74. The molecule has 0 aromatic rings. The lowest BCUT2D eigenvalue weighted by Crippen LogP contribution is -2.43. The molecule has 2 fully saturated rings. The molecular weight excluding hydrogens is 268 g/mol. The smallest absolute Gasteiger partial charge is 0.0490 e. The summed E-state index contributed by atoms with van der Waals surface area (Å²) in [6, 6.07) is 0.0692. The van der Waals surface area contributed by atoms with E-state index in [0.29, 0.717) is 11.8 Å². The van der Waals surface area contributed by atoms with E-state index in [0.717, 1.165) is 5.70 Å². The topological polar surface area (TPSA) is 52.0 Å². The van der Waals surface area contributed by atoms with Crippen molar-refractivity contribution in [2.75, 3.05) is 0 Å². The monoisotopic (exact) mass is 302 g/mol. The van der Waals surface area contributed by atoms with E-state index in [1.54, 1.807) is 0 Å². The maximum absolute atomic E-state index is 6.83. The van der Waals surface area contributed by atoms with Crippen molar-refractivity contribution in [3.8, 4) is 0 Å². The van der Waals surface area contributed by atoms with Crippen LogP contribution in [0.5, 0.6) is 0 Å². The standard InChI is InChI=1S/C20H34N2/c1-14-13-20(2,16-11-7-4-8-12-16)19(22)17(18(14)21)15-9-5-3-6-10-15/h13,15-16,18H,3-12,21-22H2,1-2H3. The van der Waals surface area contributed by atoms with Gasteiger partial charge in [-0.2, -0.15) is 0 Å². The Morgan fingerprint density at radius 3 is 2.09 bits per heavy atom. The molecule has 0 spiro atoms. The number of nitrogens with two attached hydrogens (primary N) is 2. The van der Waals surface area contributed by atoms with E-state index in [2.05, 4.69) is 19.9 Å². The molecule has 2 atom stereocenters. The summed E-state index contributed by atoms with van der Waals surface area (Å²) in [4.78, 5) is 0. The summed E-state index contributed by atoms with van der Waals surface area (Å²) in [5.74, 6) is 1.35. The van der Waals surface area contributed by atoms with Crippen molar-refractivity contribution in [3.05, 3.63) is 22.9 Å². The van der Waals surface area contributed by atoms with E-state index in [9.17, 15) is 0 Å². The van der Waals surface area contributed by atoms with E-state index in [-0.39, 0.29) is 11.5 Å². The first-order valence-electron chi connectivity index (χ1n) is 9.49. The fourth-order valence-corrected chi connectivity index (χ4v) is 5.29. The average Bonchev–Trinajstić information content (AvgIpc) is 2.55. The highest BCUT2D eigenvalue weighted by atomic mass is 14.7. The van der Waals surface area contributed by atoms with Crippen molar-refractivity contribution in [1.82, 2.24) is 0 Å². The second kappa shape index (κ2) is 6.39. The largest absolute Gasteiger partial charge is 0.401 e. The molecule has 0 radical (unpaired) electrons. The average molecular weight is 303 g/mol. The van der Waals surface area contributed by atoms with Crippen LogP contribution >= 0.6 is 0 Å². The van der Waals surface area contributed by atoms with Crippen molar-refractivity contribution < 1.29 is 0 Å². The molecule has 2 heteroatoms. The van der Waals surface area contributed by atoms with E-state index in [1.165, 1.54) is 75.4 Å². The molecule has 0 aromatic heterocycles. The van der Waals surface area contributed by atoms with Crippen LogP contribution in [0.4, 0.5) is 0 Å². The molecule has 3 aliphatic rings. The molecule has 124 valence electrons. The van der Waals surface area contributed by atoms with Crippen LogP contribution in [0.15, 0.2) is 22.9 Å². The summed E-state index contributed by atoms with van der Waals surface area (Å²) in [6.07, 6.45) is 15.9. The minimum absolute atomic E-state index is 0.0488. The molecule has 3 aliphatic carbocycles. The molecule has 0 saturated heterocycles. The summed E-state index contributed by atoms with van der Waals surface area (Å²) >= 11 is 0. The van der Waals surface area contributed by atoms with Gasteiger partial charge in [0.15, 0.2) is 0 Å². The quantitative estimate of drug-likeness (QED) is 0.729. The summed E-state index contributed by atoms with van der Waals surface area (Å²) in [7, 11) is 0. The summed E-state index contributed by atoms with van der Waals surface area (Å²) in [6.45, 7) is 4.61. The SMILES string of the molecule is CC1=CC(C)(C2CCCCC2)C(N)=C(C2CCCCC2)C1N.